The number of carbonyl (C=O) groups excluding carboxylic acids is 1. The van der Waals surface area contributed by atoms with E-state index in [4.69, 9.17) is 4.74 Å². The van der Waals surface area contributed by atoms with Crippen molar-refractivity contribution in [2.24, 2.45) is 5.41 Å². The Kier molecular flexibility index (Phi) is 4.25. The van der Waals surface area contributed by atoms with Gasteiger partial charge >= 0.3 is 5.97 Å². The van der Waals surface area contributed by atoms with Crippen LogP contribution >= 0.6 is 0 Å². The first kappa shape index (κ1) is 14.1. The average molecular weight is 261 g/mol. The third kappa shape index (κ3) is 3.35. The van der Waals surface area contributed by atoms with Gasteiger partial charge in [-0.2, -0.15) is 0 Å². The third-order valence-electron chi connectivity index (χ3n) is 4.07. The molecule has 0 heterocycles. The molecule has 0 bridgehead atoms. The molecule has 0 saturated heterocycles. The maximum atomic E-state index is 11.7. The summed E-state index contributed by atoms with van der Waals surface area (Å²) in [5, 5.41) is 0. The van der Waals surface area contributed by atoms with Crippen LogP contribution in [0.1, 0.15) is 24.0 Å². The molecule has 2 rings (SSSR count). The number of methoxy groups -OCH3 is 1. The van der Waals surface area contributed by atoms with Gasteiger partial charge in [0.2, 0.25) is 0 Å². The number of hydrogen-bond acceptors (Lipinski definition) is 3. The zero-order valence-electron chi connectivity index (χ0n) is 12.1. The van der Waals surface area contributed by atoms with Crippen LogP contribution in [0.3, 0.4) is 0 Å². The zero-order chi connectivity index (χ0) is 13.9. The molecule has 0 aromatic heterocycles. The predicted octanol–water partition coefficient (Wildman–Crippen LogP) is 2.42. The highest BCUT2D eigenvalue weighted by atomic mass is 16.5. The number of benzene rings is 1. The van der Waals surface area contributed by atoms with E-state index in [1.54, 1.807) is 0 Å². The molecule has 0 aliphatic heterocycles. The Morgan fingerprint density at radius 1 is 1.37 bits per heavy atom. The third-order valence-corrected chi connectivity index (χ3v) is 4.07. The zero-order valence-corrected chi connectivity index (χ0v) is 12.1. The largest absolute Gasteiger partial charge is 0.469 e. The maximum Gasteiger partial charge on any atom is 0.313 e. The number of esters is 1. The summed E-state index contributed by atoms with van der Waals surface area (Å²) in [4.78, 5) is 14.0. The second-order valence-electron chi connectivity index (χ2n) is 5.69. The van der Waals surface area contributed by atoms with Crippen molar-refractivity contribution in [2.45, 2.75) is 26.2 Å². The van der Waals surface area contributed by atoms with Gasteiger partial charge < -0.3 is 9.64 Å². The van der Waals surface area contributed by atoms with Crippen LogP contribution in [0.15, 0.2) is 24.3 Å². The molecule has 0 spiro atoms. The fourth-order valence-corrected chi connectivity index (χ4v) is 2.59. The van der Waals surface area contributed by atoms with E-state index in [1.807, 2.05) is 0 Å². The van der Waals surface area contributed by atoms with Crippen molar-refractivity contribution in [3.63, 3.8) is 0 Å². The summed E-state index contributed by atoms with van der Waals surface area (Å²) in [5.74, 6) is -0.0461. The van der Waals surface area contributed by atoms with Crippen molar-refractivity contribution in [3.8, 4) is 0 Å². The second-order valence-corrected chi connectivity index (χ2v) is 5.69. The van der Waals surface area contributed by atoms with E-state index in [0.29, 0.717) is 0 Å². The van der Waals surface area contributed by atoms with E-state index >= 15 is 0 Å². The Labute approximate surface area is 115 Å². The standard InChI is InChI=1S/C16H23NO2/c1-13-6-4-5-7-14(13)8-11-17(2)12-16(9-10-16)15(18)19-3/h4-7H,8-12H2,1-3H3. The molecule has 1 aliphatic carbocycles. The normalized spacial score (nSPS) is 16.4. The van der Waals surface area contributed by atoms with Crippen LogP contribution < -0.4 is 0 Å². The van der Waals surface area contributed by atoms with Gasteiger partial charge in [-0.15, -0.1) is 0 Å². The van der Waals surface area contributed by atoms with Gasteiger partial charge in [-0.3, -0.25) is 4.79 Å². The molecule has 0 amide bonds. The van der Waals surface area contributed by atoms with E-state index in [1.165, 1.54) is 18.2 Å². The monoisotopic (exact) mass is 261 g/mol. The van der Waals surface area contributed by atoms with Gasteiger partial charge in [-0.05, 0) is 44.4 Å². The molecule has 0 radical (unpaired) electrons. The quantitative estimate of drug-likeness (QED) is 0.737. The summed E-state index contributed by atoms with van der Waals surface area (Å²) >= 11 is 0. The Bertz CT molecular complexity index is 452. The minimum Gasteiger partial charge on any atom is -0.469 e. The highest BCUT2D eigenvalue weighted by Crippen LogP contribution is 2.47. The molecule has 0 N–H and O–H groups in total. The molecular weight excluding hydrogens is 238 g/mol. The van der Waals surface area contributed by atoms with Gasteiger partial charge in [0.25, 0.3) is 0 Å². The summed E-state index contributed by atoms with van der Waals surface area (Å²) in [6, 6.07) is 8.47. The van der Waals surface area contributed by atoms with E-state index < -0.39 is 0 Å². The van der Waals surface area contributed by atoms with Crippen molar-refractivity contribution >= 4 is 5.97 Å². The van der Waals surface area contributed by atoms with Gasteiger partial charge in [0.15, 0.2) is 0 Å². The topological polar surface area (TPSA) is 29.5 Å². The molecule has 1 aromatic carbocycles. The second kappa shape index (κ2) is 5.74. The number of aryl methyl sites for hydroxylation is 1. The van der Waals surface area contributed by atoms with Gasteiger partial charge in [0.05, 0.1) is 12.5 Å². The van der Waals surface area contributed by atoms with Gasteiger partial charge in [0.1, 0.15) is 0 Å². The lowest BCUT2D eigenvalue weighted by Crippen LogP contribution is -2.33. The Morgan fingerprint density at radius 2 is 2.05 bits per heavy atom. The Morgan fingerprint density at radius 3 is 2.63 bits per heavy atom. The first-order valence-electron chi connectivity index (χ1n) is 6.89. The highest BCUT2D eigenvalue weighted by molar-refractivity contribution is 5.80. The number of hydrogen-bond donors (Lipinski definition) is 0. The van der Waals surface area contributed by atoms with Crippen LogP contribution in [0.25, 0.3) is 0 Å². The van der Waals surface area contributed by atoms with Gasteiger partial charge in [-0.25, -0.2) is 0 Å². The lowest BCUT2D eigenvalue weighted by atomic mass is 10.0. The summed E-state index contributed by atoms with van der Waals surface area (Å²) < 4.78 is 4.89. The van der Waals surface area contributed by atoms with E-state index in [-0.39, 0.29) is 11.4 Å². The van der Waals surface area contributed by atoms with Gasteiger partial charge in [-0.1, -0.05) is 24.3 Å². The molecular formula is C16H23NO2. The number of rotatable bonds is 6. The molecule has 1 aromatic rings. The van der Waals surface area contributed by atoms with E-state index in [2.05, 4.69) is 43.1 Å². The van der Waals surface area contributed by atoms with E-state index in [0.717, 1.165) is 32.4 Å². The number of likely N-dealkylation sites (N-methyl/N-ethyl adjacent to an activating group) is 1. The minimum absolute atomic E-state index is 0.0461. The lowest BCUT2D eigenvalue weighted by Gasteiger charge is -2.22. The molecule has 19 heavy (non-hydrogen) atoms. The molecule has 0 atom stereocenters. The Balaban J connectivity index is 1.84. The predicted molar refractivity (Wildman–Crippen MR) is 76.1 cm³/mol. The van der Waals surface area contributed by atoms with Crippen LogP contribution in [-0.4, -0.2) is 38.1 Å². The van der Waals surface area contributed by atoms with Crippen molar-refractivity contribution in [1.29, 1.82) is 0 Å². The first-order chi connectivity index (χ1) is 9.07. The summed E-state index contributed by atoms with van der Waals surface area (Å²) in [6.45, 7) is 3.93. The lowest BCUT2D eigenvalue weighted by molar-refractivity contribution is -0.147. The van der Waals surface area contributed by atoms with Crippen LogP contribution in [-0.2, 0) is 16.0 Å². The van der Waals surface area contributed by atoms with Crippen molar-refractivity contribution < 1.29 is 9.53 Å². The minimum atomic E-state index is -0.213. The number of ether oxygens (including phenoxy) is 1. The van der Waals surface area contributed by atoms with E-state index in [9.17, 15) is 4.79 Å². The molecule has 1 aliphatic rings. The van der Waals surface area contributed by atoms with Gasteiger partial charge in [0, 0.05) is 13.1 Å². The number of carbonyl (C=O) groups is 1. The Hall–Kier alpha value is -1.35. The molecule has 3 nitrogen and oxygen atoms in total. The molecule has 1 fully saturated rings. The fourth-order valence-electron chi connectivity index (χ4n) is 2.59. The van der Waals surface area contributed by atoms with Crippen molar-refractivity contribution in [2.75, 3.05) is 27.2 Å². The first-order valence-corrected chi connectivity index (χ1v) is 6.89. The highest BCUT2D eigenvalue weighted by Gasteiger charge is 2.51. The summed E-state index contributed by atoms with van der Waals surface area (Å²) in [6.07, 6.45) is 2.96. The van der Waals surface area contributed by atoms with Crippen molar-refractivity contribution in [3.05, 3.63) is 35.4 Å². The molecule has 1 saturated carbocycles. The smallest absolute Gasteiger partial charge is 0.313 e. The molecule has 0 unspecified atom stereocenters. The maximum absolute atomic E-state index is 11.7. The van der Waals surface area contributed by atoms with Crippen molar-refractivity contribution in [1.82, 2.24) is 4.90 Å². The average Bonchev–Trinajstić information content (AvgIpc) is 3.17. The number of nitrogens with zero attached hydrogens (tertiary/aromatic N) is 1. The summed E-state index contributed by atoms with van der Waals surface area (Å²) in [5.41, 5.74) is 2.51. The van der Waals surface area contributed by atoms with Crippen LogP contribution in [0.2, 0.25) is 0 Å². The van der Waals surface area contributed by atoms with Crippen LogP contribution in [0, 0.1) is 12.3 Å². The molecule has 104 valence electrons. The SMILES string of the molecule is COC(=O)C1(CN(C)CCc2ccccc2C)CC1. The fraction of sp³-hybridized carbons (Fsp3) is 0.562. The molecule has 3 heteroatoms. The van der Waals surface area contributed by atoms with Crippen LogP contribution in [0.4, 0.5) is 0 Å². The van der Waals surface area contributed by atoms with Crippen LogP contribution in [0.5, 0.6) is 0 Å². The summed E-state index contributed by atoms with van der Waals surface area (Å²) in [7, 11) is 3.57.